The highest BCUT2D eigenvalue weighted by Crippen LogP contribution is 2.38. The predicted octanol–water partition coefficient (Wildman–Crippen LogP) is 1.81. The molecule has 0 aromatic carbocycles. The summed E-state index contributed by atoms with van der Waals surface area (Å²) in [6.45, 7) is 0. The second-order valence-corrected chi connectivity index (χ2v) is 3.49. The van der Waals surface area contributed by atoms with Gasteiger partial charge in [0.2, 0.25) is 0 Å². The van der Waals surface area contributed by atoms with Crippen LogP contribution in [0.25, 0.3) is 0 Å². The van der Waals surface area contributed by atoms with Gasteiger partial charge in [-0.15, -0.1) is 0 Å². The van der Waals surface area contributed by atoms with Gasteiger partial charge in [-0.2, -0.15) is 5.26 Å². The van der Waals surface area contributed by atoms with Crippen molar-refractivity contribution in [3.8, 4) is 6.07 Å². The first kappa shape index (κ1) is 8.18. The number of rotatable bonds is 1. The van der Waals surface area contributed by atoms with E-state index in [0.29, 0.717) is 0 Å². The van der Waals surface area contributed by atoms with E-state index < -0.39 is 0 Å². The molecular weight excluding hydrogens is 162 g/mol. The fourth-order valence-corrected chi connectivity index (χ4v) is 1.95. The molecule has 0 unspecified atom stereocenters. The Labute approximate surface area is 77.4 Å². The lowest BCUT2D eigenvalue weighted by atomic mass is 9.85. The normalized spacial score (nSPS) is 19.6. The largest absolute Gasteiger partial charge is 0.261 e. The highest BCUT2D eigenvalue weighted by Gasteiger charge is 2.37. The summed E-state index contributed by atoms with van der Waals surface area (Å²) in [7, 11) is 0. The van der Waals surface area contributed by atoms with Crippen molar-refractivity contribution in [2.75, 3.05) is 0 Å². The van der Waals surface area contributed by atoms with Crippen molar-refractivity contribution in [1.82, 2.24) is 9.97 Å². The van der Waals surface area contributed by atoms with Crippen molar-refractivity contribution in [3.05, 3.63) is 24.3 Å². The summed E-state index contributed by atoms with van der Waals surface area (Å²) in [5.41, 5.74) is 0.504. The van der Waals surface area contributed by atoms with Crippen molar-refractivity contribution >= 4 is 0 Å². The Kier molecular flexibility index (Phi) is 1.97. The number of nitrogens with zero attached hydrogens (tertiary/aromatic N) is 3. The molecule has 1 saturated carbocycles. The average molecular weight is 173 g/mol. The van der Waals surface area contributed by atoms with Crippen LogP contribution >= 0.6 is 0 Å². The van der Waals surface area contributed by atoms with E-state index in [2.05, 4.69) is 16.0 Å². The molecule has 1 aliphatic rings. The fourth-order valence-electron chi connectivity index (χ4n) is 1.95. The molecule has 0 amide bonds. The maximum absolute atomic E-state index is 9.15. The summed E-state index contributed by atoms with van der Waals surface area (Å²) >= 11 is 0. The zero-order valence-electron chi connectivity index (χ0n) is 7.40. The number of nitriles is 1. The Morgan fingerprint density at radius 2 is 2.08 bits per heavy atom. The monoisotopic (exact) mass is 173 g/mol. The van der Waals surface area contributed by atoms with Crippen LogP contribution in [0.4, 0.5) is 0 Å². The van der Waals surface area contributed by atoms with Gasteiger partial charge < -0.3 is 0 Å². The quantitative estimate of drug-likeness (QED) is 0.650. The smallest absolute Gasteiger partial charge is 0.101 e. The molecule has 0 aliphatic heterocycles. The molecule has 0 N–H and O–H groups in total. The minimum absolute atomic E-state index is 0.339. The van der Waals surface area contributed by atoms with Gasteiger partial charge in [0.05, 0.1) is 11.8 Å². The third-order valence-electron chi connectivity index (χ3n) is 2.72. The summed E-state index contributed by atoms with van der Waals surface area (Å²) in [6, 6.07) is 2.39. The zero-order chi connectivity index (χ0) is 9.15. The van der Waals surface area contributed by atoms with Crippen molar-refractivity contribution in [1.29, 1.82) is 5.26 Å². The van der Waals surface area contributed by atoms with E-state index >= 15 is 0 Å². The van der Waals surface area contributed by atoms with Gasteiger partial charge in [0, 0.05) is 18.6 Å². The molecule has 1 aromatic rings. The number of hydrogen-bond donors (Lipinski definition) is 0. The summed E-state index contributed by atoms with van der Waals surface area (Å²) < 4.78 is 0. The summed E-state index contributed by atoms with van der Waals surface area (Å²) in [6.07, 6.45) is 9.14. The molecule has 3 heteroatoms. The van der Waals surface area contributed by atoms with Gasteiger partial charge in [-0.05, 0) is 12.8 Å². The zero-order valence-corrected chi connectivity index (χ0v) is 7.40. The molecule has 1 heterocycles. The van der Waals surface area contributed by atoms with Crippen LogP contribution in [-0.2, 0) is 5.41 Å². The minimum atomic E-state index is -0.339. The maximum Gasteiger partial charge on any atom is 0.101 e. The van der Waals surface area contributed by atoms with Crippen LogP contribution in [0.2, 0.25) is 0 Å². The summed E-state index contributed by atoms with van der Waals surface area (Å²) in [5.74, 6) is 0. The first-order valence-electron chi connectivity index (χ1n) is 4.55. The predicted molar refractivity (Wildman–Crippen MR) is 47.8 cm³/mol. The molecule has 1 fully saturated rings. The third-order valence-corrected chi connectivity index (χ3v) is 2.72. The van der Waals surface area contributed by atoms with Crippen molar-refractivity contribution in [2.24, 2.45) is 0 Å². The highest BCUT2D eigenvalue weighted by molar-refractivity contribution is 5.25. The van der Waals surface area contributed by atoms with Gasteiger partial charge >= 0.3 is 0 Å². The minimum Gasteiger partial charge on any atom is -0.261 e. The summed E-state index contributed by atoms with van der Waals surface area (Å²) in [5, 5.41) is 9.15. The van der Waals surface area contributed by atoms with E-state index in [4.69, 9.17) is 5.26 Å². The van der Waals surface area contributed by atoms with E-state index in [1.807, 2.05) is 0 Å². The van der Waals surface area contributed by atoms with Crippen LogP contribution in [-0.4, -0.2) is 9.97 Å². The molecule has 3 nitrogen and oxygen atoms in total. The molecular formula is C10H11N3. The lowest BCUT2D eigenvalue weighted by Gasteiger charge is -2.17. The standard InChI is InChI=1S/C10H11N3/c11-8-10(3-1-2-4-10)9-7-12-5-6-13-9/h5-7H,1-4H2. The molecule has 0 atom stereocenters. The van der Waals surface area contributed by atoms with Gasteiger partial charge in [-0.3, -0.25) is 9.97 Å². The molecule has 66 valence electrons. The van der Waals surface area contributed by atoms with E-state index in [9.17, 15) is 0 Å². The Morgan fingerprint density at radius 1 is 1.31 bits per heavy atom. The van der Waals surface area contributed by atoms with Crippen LogP contribution < -0.4 is 0 Å². The van der Waals surface area contributed by atoms with Crippen LogP contribution in [0.1, 0.15) is 31.4 Å². The van der Waals surface area contributed by atoms with Crippen LogP contribution in [0.5, 0.6) is 0 Å². The Morgan fingerprint density at radius 3 is 2.62 bits per heavy atom. The number of aromatic nitrogens is 2. The SMILES string of the molecule is N#CC1(c2cnccn2)CCCC1. The third kappa shape index (κ3) is 1.29. The fraction of sp³-hybridized carbons (Fsp3) is 0.500. The molecule has 13 heavy (non-hydrogen) atoms. The van der Waals surface area contributed by atoms with E-state index in [-0.39, 0.29) is 5.41 Å². The molecule has 1 aliphatic carbocycles. The van der Waals surface area contributed by atoms with Crippen LogP contribution in [0.15, 0.2) is 18.6 Å². The van der Waals surface area contributed by atoms with Gasteiger partial charge in [-0.1, -0.05) is 12.8 Å². The maximum atomic E-state index is 9.15. The van der Waals surface area contributed by atoms with E-state index in [0.717, 1.165) is 31.4 Å². The molecule has 0 saturated heterocycles. The van der Waals surface area contributed by atoms with Gasteiger partial charge in [0.15, 0.2) is 0 Å². The van der Waals surface area contributed by atoms with E-state index in [1.165, 1.54) is 0 Å². The Hall–Kier alpha value is -1.43. The summed E-state index contributed by atoms with van der Waals surface area (Å²) in [4.78, 5) is 8.23. The molecule has 0 spiro atoms. The van der Waals surface area contributed by atoms with Gasteiger partial charge in [0.1, 0.15) is 5.41 Å². The van der Waals surface area contributed by atoms with Crippen LogP contribution in [0, 0.1) is 11.3 Å². The molecule has 2 rings (SSSR count). The first-order valence-corrected chi connectivity index (χ1v) is 4.55. The van der Waals surface area contributed by atoms with Crippen molar-refractivity contribution in [3.63, 3.8) is 0 Å². The average Bonchev–Trinajstić information content (AvgIpc) is 2.69. The van der Waals surface area contributed by atoms with Crippen molar-refractivity contribution < 1.29 is 0 Å². The van der Waals surface area contributed by atoms with Gasteiger partial charge in [-0.25, -0.2) is 0 Å². The number of hydrogen-bond acceptors (Lipinski definition) is 3. The second kappa shape index (κ2) is 3.14. The molecule has 0 bridgehead atoms. The van der Waals surface area contributed by atoms with Crippen molar-refractivity contribution in [2.45, 2.75) is 31.1 Å². The van der Waals surface area contributed by atoms with E-state index in [1.54, 1.807) is 18.6 Å². The highest BCUT2D eigenvalue weighted by atomic mass is 14.8. The Balaban J connectivity index is 2.38. The lowest BCUT2D eigenvalue weighted by molar-refractivity contribution is 0.551. The topological polar surface area (TPSA) is 49.6 Å². The van der Waals surface area contributed by atoms with Gasteiger partial charge in [0.25, 0.3) is 0 Å². The second-order valence-electron chi connectivity index (χ2n) is 3.49. The van der Waals surface area contributed by atoms with Crippen LogP contribution in [0.3, 0.4) is 0 Å². The Bertz CT molecular complexity index is 320. The molecule has 0 radical (unpaired) electrons. The lowest BCUT2D eigenvalue weighted by Crippen LogP contribution is -2.20. The molecule has 1 aromatic heterocycles. The first-order chi connectivity index (χ1) is 6.37.